The lowest BCUT2D eigenvalue weighted by molar-refractivity contribution is 0.0943. The van der Waals surface area contributed by atoms with Crippen LogP contribution in [0.1, 0.15) is 28.2 Å². The van der Waals surface area contributed by atoms with E-state index in [0.29, 0.717) is 0 Å². The zero-order valence-corrected chi connectivity index (χ0v) is 11.5. The minimum atomic E-state index is -1.04. The van der Waals surface area contributed by atoms with E-state index in [4.69, 9.17) is 5.73 Å². The molecule has 0 spiro atoms. The van der Waals surface area contributed by atoms with Crippen LogP contribution in [0.2, 0.25) is 0 Å². The van der Waals surface area contributed by atoms with Gasteiger partial charge >= 0.3 is 0 Å². The fraction of sp³-hybridized carbons (Fsp3) is 0.231. The summed E-state index contributed by atoms with van der Waals surface area (Å²) in [5.41, 5.74) is 4.41. The Kier molecular flexibility index (Phi) is 4.29. The molecule has 1 aromatic carbocycles. The van der Waals surface area contributed by atoms with Gasteiger partial charge in [-0.1, -0.05) is 6.92 Å². The van der Waals surface area contributed by atoms with Crippen LogP contribution in [0.25, 0.3) is 0 Å². The first kappa shape index (κ1) is 14.4. The monoisotopic (exact) mass is 297 g/mol. The standard InChI is InChI=1S/C13H13F2N3OS/c1-7(13-17-4-5-20-13)6-18-12(19)10-8(14)2-3-9(16)11(10)15/h2-5,7H,6,16H2,1H3,(H,18,19). The molecule has 0 radical (unpaired) electrons. The van der Waals surface area contributed by atoms with Crippen molar-refractivity contribution in [1.82, 2.24) is 10.3 Å². The fourth-order valence-corrected chi connectivity index (χ4v) is 2.37. The van der Waals surface area contributed by atoms with Gasteiger partial charge in [-0.3, -0.25) is 4.79 Å². The first-order valence-electron chi connectivity index (χ1n) is 5.91. The molecule has 7 heteroatoms. The number of hydrogen-bond donors (Lipinski definition) is 2. The highest BCUT2D eigenvalue weighted by molar-refractivity contribution is 7.09. The molecule has 0 saturated carbocycles. The van der Waals surface area contributed by atoms with E-state index in [1.807, 2.05) is 12.3 Å². The smallest absolute Gasteiger partial charge is 0.257 e. The number of halogens is 2. The van der Waals surface area contributed by atoms with E-state index in [2.05, 4.69) is 10.3 Å². The second-order valence-corrected chi connectivity index (χ2v) is 5.23. The van der Waals surface area contributed by atoms with E-state index in [1.165, 1.54) is 11.3 Å². The maximum absolute atomic E-state index is 13.7. The molecule has 1 aromatic heterocycles. The third-order valence-corrected chi connectivity index (χ3v) is 3.80. The molecule has 0 aliphatic carbocycles. The lowest BCUT2D eigenvalue weighted by Gasteiger charge is -2.11. The number of anilines is 1. The van der Waals surface area contributed by atoms with E-state index in [9.17, 15) is 13.6 Å². The number of benzene rings is 1. The Bertz CT molecular complexity index is 616. The third-order valence-electron chi connectivity index (χ3n) is 2.79. The molecule has 4 nitrogen and oxygen atoms in total. The third kappa shape index (κ3) is 2.93. The number of rotatable bonds is 4. The number of amides is 1. The highest BCUT2D eigenvalue weighted by Gasteiger charge is 2.20. The van der Waals surface area contributed by atoms with Crippen molar-refractivity contribution in [3.05, 3.63) is 45.9 Å². The zero-order chi connectivity index (χ0) is 14.7. The minimum Gasteiger partial charge on any atom is -0.396 e. The van der Waals surface area contributed by atoms with Crippen LogP contribution in [-0.2, 0) is 0 Å². The minimum absolute atomic E-state index is 0.0360. The predicted octanol–water partition coefficient (Wildman–Crippen LogP) is 2.54. The van der Waals surface area contributed by atoms with Crippen molar-refractivity contribution in [2.24, 2.45) is 0 Å². The van der Waals surface area contributed by atoms with Gasteiger partial charge in [0.05, 0.1) is 10.7 Å². The Morgan fingerprint density at radius 2 is 2.25 bits per heavy atom. The fourth-order valence-electron chi connectivity index (χ4n) is 1.68. The number of thiazole rings is 1. The van der Waals surface area contributed by atoms with Crippen molar-refractivity contribution in [2.45, 2.75) is 12.8 Å². The molecule has 106 valence electrons. The van der Waals surface area contributed by atoms with Gasteiger partial charge in [0, 0.05) is 24.0 Å². The van der Waals surface area contributed by atoms with E-state index in [1.54, 1.807) is 6.20 Å². The van der Waals surface area contributed by atoms with Gasteiger partial charge in [-0.15, -0.1) is 11.3 Å². The Balaban J connectivity index is 2.08. The van der Waals surface area contributed by atoms with Crippen LogP contribution in [-0.4, -0.2) is 17.4 Å². The molecule has 0 fully saturated rings. The average molecular weight is 297 g/mol. The first-order chi connectivity index (χ1) is 9.50. The topological polar surface area (TPSA) is 68.0 Å². The van der Waals surface area contributed by atoms with Gasteiger partial charge in [-0.25, -0.2) is 13.8 Å². The van der Waals surface area contributed by atoms with Crippen LogP contribution < -0.4 is 11.1 Å². The molecule has 20 heavy (non-hydrogen) atoms. The summed E-state index contributed by atoms with van der Waals surface area (Å²) in [7, 11) is 0. The van der Waals surface area contributed by atoms with Gasteiger partial charge in [-0.05, 0) is 12.1 Å². The molecule has 0 saturated heterocycles. The molecule has 0 aliphatic heterocycles. The molecule has 0 aliphatic rings. The molecular weight excluding hydrogens is 284 g/mol. The van der Waals surface area contributed by atoms with Gasteiger partial charge in [0.25, 0.3) is 5.91 Å². The van der Waals surface area contributed by atoms with Crippen LogP contribution in [0.15, 0.2) is 23.7 Å². The van der Waals surface area contributed by atoms with Crippen LogP contribution in [0.4, 0.5) is 14.5 Å². The van der Waals surface area contributed by atoms with Crippen LogP contribution in [0.3, 0.4) is 0 Å². The summed E-state index contributed by atoms with van der Waals surface area (Å²) in [6.07, 6.45) is 1.66. The van der Waals surface area contributed by atoms with Gasteiger partial charge < -0.3 is 11.1 Å². The summed E-state index contributed by atoms with van der Waals surface area (Å²) < 4.78 is 27.2. The van der Waals surface area contributed by atoms with E-state index in [0.717, 1.165) is 17.1 Å². The number of hydrogen-bond acceptors (Lipinski definition) is 4. The van der Waals surface area contributed by atoms with Crippen LogP contribution in [0, 0.1) is 11.6 Å². The zero-order valence-electron chi connectivity index (χ0n) is 10.7. The second kappa shape index (κ2) is 5.96. The van der Waals surface area contributed by atoms with Crippen molar-refractivity contribution < 1.29 is 13.6 Å². The summed E-state index contributed by atoms with van der Waals surface area (Å²) >= 11 is 1.46. The van der Waals surface area contributed by atoms with Crippen molar-refractivity contribution in [1.29, 1.82) is 0 Å². The number of carbonyl (C=O) groups excluding carboxylic acids is 1. The summed E-state index contributed by atoms with van der Waals surface area (Å²) in [6.45, 7) is 2.10. The number of nitrogens with two attached hydrogens (primary N) is 1. The van der Waals surface area contributed by atoms with Crippen molar-refractivity contribution in [3.8, 4) is 0 Å². The Hall–Kier alpha value is -2.02. The van der Waals surface area contributed by atoms with Gasteiger partial charge in [0.15, 0.2) is 5.82 Å². The first-order valence-corrected chi connectivity index (χ1v) is 6.79. The van der Waals surface area contributed by atoms with Crippen molar-refractivity contribution in [3.63, 3.8) is 0 Å². The highest BCUT2D eigenvalue weighted by Crippen LogP contribution is 2.20. The van der Waals surface area contributed by atoms with Crippen LogP contribution >= 0.6 is 11.3 Å². The van der Waals surface area contributed by atoms with E-state index < -0.39 is 23.1 Å². The molecule has 1 amide bonds. The molecular formula is C13H13F2N3OS. The number of nitrogens with zero attached hydrogens (tertiary/aromatic N) is 1. The number of aromatic nitrogens is 1. The predicted molar refractivity (Wildman–Crippen MR) is 73.6 cm³/mol. The Labute approximate surface area is 118 Å². The molecule has 1 unspecified atom stereocenters. The highest BCUT2D eigenvalue weighted by atomic mass is 32.1. The Morgan fingerprint density at radius 3 is 2.90 bits per heavy atom. The SMILES string of the molecule is CC(CNC(=O)c1c(F)ccc(N)c1F)c1nccs1. The molecule has 2 aromatic rings. The quantitative estimate of drug-likeness (QED) is 0.852. The summed E-state index contributed by atoms with van der Waals surface area (Å²) in [5, 5.41) is 5.16. The van der Waals surface area contributed by atoms with Crippen molar-refractivity contribution in [2.75, 3.05) is 12.3 Å². The molecule has 1 atom stereocenters. The van der Waals surface area contributed by atoms with Gasteiger partial charge in [0.1, 0.15) is 11.4 Å². The number of nitrogen functional groups attached to an aromatic ring is 1. The second-order valence-electron chi connectivity index (χ2n) is 4.31. The maximum atomic E-state index is 13.7. The average Bonchev–Trinajstić information content (AvgIpc) is 2.95. The maximum Gasteiger partial charge on any atom is 0.257 e. The van der Waals surface area contributed by atoms with E-state index in [-0.39, 0.29) is 18.2 Å². The van der Waals surface area contributed by atoms with Gasteiger partial charge in [-0.2, -0.15) is 0 Å². The summed E-state index contributed by atoms with van der Waals surface area (Å²) in [5.74, 6) is -2.83. The molecule has 2 rings (SSSR count). The molecule has 0 bridgehead atoms. The van der Waals surface area contributed by atoms with Crippen LogP contribution in [0.5, 0.6) is 0 Å². The lowest BCUT2D eigenvalue weighted by Crippen LogP contribution is -2.29. The van der Waals surface area contributed by atoms with Gasteiger partial charge in [0.2, 0.25) is 0 Å². The number of nitrogens with one attached hydrogen (secondary N) is 1. The summed E-state index contributed by atoms with van der Waals surface area (Å²) in [6, 6.07) is 2.05. The summed E-state index contributed by atoms with van der Waals surface area (Å²) in [4.78, 5) is 16.0. The number of carbonyl (C=O) groups is 1. The molecule has 3 N–H and O–H groups in total. The molecule has 1 heterocycles. The van der Waals surface area contributed by atoms with Crippen molar-refractivity contribution >= 4 is 22.9 Å². The lowest BCUT2D eigenvalue weighted by atomic mass is 10.1. The largest absolute Gasteiger partial charge is 0.396 e. The normalized spacial score (nSPS) is 12.2. The Morgan fingerprint density at radius 1 is 1.50 bits per heavy atom. The van der Waals surface area contributed by atoms with E-state index >= 15 is 0 Å².